The average molecular weight is 352 g/mol. The van der Waals surface area contributed by atoms with E-state index in [2.05, 4.69) is 29.3 Å². The van der Waals surface area contributed by atoms with Gasteiger partial charge in [-0.15, -0.1) is 0 Å². The first-order chi connectivity index (χ1) is 12.7. The van der Waals surface area contributed by atoms with Crippen molar-refractivity contribution in [1.82, 2.24) is 10.2 Å². The zero-order chi connectivity index (χ0) is 18.2. The molecule has 1 amide bonds. The summed E-state index contributed by atoms with van der Waals surface area (Å²) in [4.78, 5) is 14.7. The number of carbonyl (C=O) groups is 1. The molecule has 3 rings (SSSR count). The number of ether oxygens (including phenoxy) is 1. The first-order valence-corrected chi connectivity index (χ1v) is 9.48. The Morgan fingerprint density at radius 3 is 2.62 bits per heavy atom. The second-order valence-corrected chi connectivity index (χ2v) is 6.97. The van der Waals surface area contributed by atoms with Crippen LogP contribution in [0.1, 0.15) is 35.2 Å². The number of amides is 1. The summed E-state index contributed by atoms with van der Waals surface area (Å²) in [6.45, 7) is 5.93. The van der Waals surface area contributed by atoms with Crippen molar-refractivity contribution in [2.75, 3.05) is 26.2 Å². The quantitative estimate of drug-likeness (QED) is 0.773. The monoisotopic (exact) mass is 352 g/mol. The van der Waals surface area contributed by atoms with E-state index in [1.807, 2.05) is 42.5 Å². The maximum Gasteiger partial charge on any atom is 0.251 e. The van der Waals surface area contributed by atoms with Crippen molar-refractivity contribution < 1.29 is 9.53 Å². The Labute approximate surface area is 156 Å². The summed E-state index contributed by atoms with van der Waals surface area (Å²) in [5, 5.41) is 3.16. The van der Waals surface area contributed by atoms with Crippen molar-refractivity contribution in [2.24, 2.45) is 0 Å². The number of hydrogen-bond donors (Lipinski definition) is 1. The number of aryl methyl sites for hydroxylation is 1. The lowest BCUT2D eigenvalue weighted by atomic mass is 10.0. The minimum Gasteiger partial charge on any atom is -0.494 e. The number of piperidine rings is 1. The van der Waals surface area contributed by atoms with Gasteiger partial charge in [-0.05, 0) is 56.0 Å². The highest BCUT2D eigenvalue weighted by Crippen LogP contribution is 2.14. The molecule has 0 aliphatic carbocycles. The van der Waals surface area contributed by atoms with Gasteiger partial charge in [-0.25, -0.2) is 0 Å². The van der Waals surface area contributed by atoms with E-state index in [-0.39, 0.29) is 11.9 Å². The van der Waals surface area contributed by atoms with Gasteiger partial charge in [0.05, 0.1) is 6.61 Å². The van der Waals surface area contributed by atoms with Gasteiger partial charge in [0.15, 0.2) is 0 Å². The second kappa shape index (κ2) is 9.39. The first kappa shape index (κ1) is 18.5. The van der Waals surface area contributed by atoms with E-state index in [0.29, 0.717) is 0 Å². The van der Waals surface area contributed by atoms with Crippen LogP contribution in [0.3, 0.4) is 0 Å². The fourth-order valence-corrected chi connectivity index (χ4v) is 3.34. The van der Waals surface area contributed by atoms with Gasteiger partial charge in [0, 0.05) is 31.2 Å². The Hall–Kier alpha value is -2.33. The third kappa shape index (κ3) is 5.60. The largest absolute Gasteiger partial charge is 0.494 e. The number of benzene rings is 2. The van der Waals surface area contributed by atoms with Crippen LogP contribution in [0.25, 0.3) is 0 Å². The zero-order valence-corrected chi connectivity index (χ0v) is 15.5. The van der Waals surface area contributed by atoms with Gasteiger partial charge in [-0.2, -0.15) is 0 Å². The van der Waals surface area contributed by atoms with Crippen molar-refractivity contribution in [3.63, 3.8) is 0 Å². The maximum atomic E-state index is 12.2. The fraction of sp³-hybridized carbons (Fsp3) is 0.409. The second-order valence-electron chi connectivity index (χ2n) is 6.97. The van der Waals surface area contributed by atoms with Crippen LogP contribution in [0, 0.1) is 6.92 Å². The van der Waals surface area contributed by atoms with Crippen LogP contribution in [-0.2, 0) is 0 Å². The summed E-state index contributed by atoms with van der Waals surface area (Å²) < 4.78 is 5.82. The molecule has 138 valence electrons. The smallest absolute Gasteiger partial charge is 0.251 e. The molecular weight excluding hydrogens is 324 g/mol. The molecule has 26 heavy (non-hydrogen) atoms. The van der Waals surface area contributed by atoms with Crippen LogP contribution in [-0.4, -0.2) is 43.1 Å². The van der Waals surface area contributed by atoms with Crippen LogP contribution in [0.4, 0.5) is 0 Å². The molecule has 1 heterocycles. The molecule has 1 aliphatic rings. The van der Waals surface area contributed by atoms with Crippen molar-refractivity contribution >= 4 is 5.91 Å². The topological polar surface area (TPSA) is 41.6 Å². The van der Waals surface area contributed by atoms with Gasteiger partial charge in [0.2, 0.25) is 0 Å². The summed E-state index contributed by atoms with van der Waals surface area (Å²) in [5.41, 5.74) is 1.96. The molecule has 4 nitrogen and oxygen atoms in total. The molecule has 0 aromatic heterocycles. The number of hydrogen-bond acceptors (Lipinski definition) is 3. The van der Waals surface area contributed by atoms with Crippen molar-refractivity contribution in [1.29, 1.82) is 0 Å². The zero-order valence-electron chi connectivity index (χ0n) is 15.5. The Kier molecular flexibility index (Phi) is 6.67. The highest BCUT2D eigenvalue weighted by Gasteiger charge is 2.20. The van der Waals surface area contributed by atoms with E-state index >= 15 is 0 Å². The van der Waals surface area contributed by atoms with Crippen LogP contribution in [0.5, 0.6) is 5.75 Å². The number of nitrogens with zero attached hydrogens (tertiary/aromatic N) is 1. The van der Waals surface area contributed by atoms with Crippen LogP contribution < -0.4 is 10.1 Å². The number of carbonyl (C=O) groups excluding carboxylic acids is 1. The van der Waals surface area contributed by atoms with Crippen LogP contribution in [0.15, 0.2) is 54.6 Å². The van der Waals surface area contributed by atoms with E-state index < -0.39 is 0 Å². The molecule has 1 saturated heterocycles. The molecule has 0 saturated carbocycles. The Bertz CT molecular complexity index is 694. The van der Waals surface area contributed by atoms with Crippen molar-refractivity contribution in [3.05, 3.63) is 65.7 Å². The van der Waals surface area contributed by atoms with Gasteiger partial charge >= 0.3 is 0 Å². The van der Waals surface area contributed by atoms with Gasteiger partial charge in [-0.1, -0.05) is 30.3 Å². The molecule has 0 bridgehead atoms. The number of likely N-dealkylation sites (tertiary alicyclic amines) is 1. The lowest BCUT2D eigenvalue weighted by molar-refractivity contribution is 0.0909. The molecule has 0 unspecified atom stereocenters. The summed E-state index contributed by atoms with van der Waals surface area (Å²) in [6, 6.07) is 17.9. The van der Waals surface area contributed by atoms with Crippen LogP contribution >= 0.6 is 0 Å². The van der Waals surface area contributed by atoms with Gasteiger partial charge in [0.1, 0.15) is 5.75 Å². The van der Waals surface area contributed by atoms with Gasteiger partial charge in [-0.3, -0.25) is 4.79 Å². The lowest BCUT2D eigenvalue weighted by Crippen LogP contribution is -2.45. The van der Waals surface area contributed by atoms with E-state index in [0.717, 1.165) is 56.8 Å². The first-order valence-electron chi connectivity index (χ1n) is 9.48. The normalized spacial score (nSPS) is 15.6. The number of nitrogens with one attached hydrogen (secondary N) is 1. The van der Waals surface area contributed by atoms with E-state index in [4.69, 9.17) is 4.74 Å². The standard InChI is InChI=1S/C22H28N2O2/c1-18-7-5-10-21(17-18)26-16-6-13-24-14-11-20(12-15-24)23-22(25)19-8-3-2-4-9-19/h2-5,7-10,17,20H,6,11-16H2,1H3,(H,23,25). The molecule has 1 fully saturated rings. The third-order valence-corrected chi connectivity index (χ3v) is 4.84. The predicted molar refractivity (Wildman–Crippen MR) is 105 cm³/mol. The molecule has 0 atom stereocenters. The average Bonchev–Trinajstić information content (AvgIpc) is 2.67. The minimum atomic E-state index is 0.0376. The maximum absolute atomic E-state index is 12.2. The SMILES string of the molecule is Cc1cccc(OCCCN2CCC(NC(=O)c3ccccc3)CC2)c1. The highest BCUT2D eigenvalue weighted by atomic mass is 16.5. The summed E-state index contributed by atoms with van der Waals surface area (Å²) in [5.74, 6) is 0.989. The molecule has 2 aromatic rings. The molecular formula is C22H28N2O2. The fourth-order valence-electron chi connectivity index (χ4n) is 3.34. The molecule has 2 aromatic carbocycles. The van der Waals surface area contributed by atoms with E-state index in [1.54, 1.807) is 0 Å². The van der Waals surface area contributed by atoms with E-state index in [9.17, 15) is 4.79 Å². The Morgan fingerprint density at radius 2 is 1.88 bits per heavy atom. The molecule has 0 radical (unpaired) electrons. The summed E-state index contributed by atoms with van der Waals surface area (Å²) in [6.07, 6.45) is 3.05. The third-order valence-electron chi connectivity index (χ3n) is 4.84. The number of rotatable bonds is 7. The predicted octanol–water partition coefficient (Wildman–Crippen LogP) is 3.66. The highest BCUT2D eigenvalue weighted by molar-refractivity contribution is 5.94. The van der Waals surface area contributed by atoms with E-state index in [1.165, 1.54) is 5.56 Å². The Morgan fingerprint density at radius 1 is 1.12 bits per heavy atom. The van der Waals surface area contributed by atoms with Gasteiger partial charge in [0.25, 0.3) is 5.91 Å². The van der Waals surface area contributed by atoms with Gasteiger partial charge < -0.3 is 15.0 Å². The molecule has 0 spiro atoms. The summed E-state index contributed by atoms with van der Waals surface area (Å²) >= 11 is 0. The molecule has 4 heteroatoms. The molecule has 1 N–H and O–H groups in total. The molecule has 1 aliphatic heterocycles. The van der Waals surface area contributed by atoms with Crippen molar-refractivity contribution in [3.8, 4) is 5.75 Å². The minimum absolute atomic E-state index is 0.0376. The summed E-state index contributed by atoms with van der Waals surface area (Å²) in [7, 11) is 0. The lowest BCUT2D eigenvalue weighted by Gasteiger charge is -2.32. The Balaban J connectivity index is 1.32. The van der Waals surface area contributed by atoms with Crippen LogP contribution in [0.2, 0.25) is 0 Å². The van der Waals surface area contributed by atoms with Crippen molar-refractivity contribution in [2.45, 2.75) is 32.2 Å².